The summed E-state index contributed by atoms with van der Waals surface area (Å²) in [6, 6.07) is 5.38. The first-order valence-electron chi connectivity index (χ1n) is 6.02. The summed E-state index contributed by atoms with van der Waals surface area (Å²) in [4.78, 5) is 11.6. The second-order valence-corrected chi connectivity index (χ2v) is 6.33. The van der Waals surface area contributed by atoms with Crippen LogP contribution in [0.25, 0.3) is 11.4 Å². The van der Waals surface area contributed by atoms with Crippen LogP contribution in [0.15, 0.2) is 18.2 Å². The smallest absolute Gasteiger partial charge is 0.331 e. The quantitative estimate of drug-likeness (QED) is 0.795. The van der Waals surface area contributed by atoms with Gasteiger partial charge in [-0.3, -0.25) is 0 Å². The summed E-state index contributed by atoms with van der Waals surface area (Å²) in [5, 5.41) is 21.6. The third kappa shape index (κ3) is 1.99. The molecule has 0 atom stereocenters. The summed E-state index contributed by atoms with van der Waals surface area (Å²) >= 11 is 8.17. The number of nitrogens with zero attached hydrogens (tertiary/aromatic N) is 4. The van der Waals surface area contributed by atoms with Crippen molar-refractivity contribution < 1.29 is 9.90 Å². The summed E-state index contributed by atoms with van der Waals surface area (Å²) in [5.74, 6) is -0.451. The third-order valence-corrected chi connectivity index (χ3v) is 4.80. The van der Waals surface area contributed by atoms with Crippen molar-refractivity contribution in [2.24, 2.45) is 0 Å². The molecule has 1 aliphatic carbocycles. The predicted octanol–water partition coefficient (Wildman–Crippen LogP) is 2.56. The van der Waals surface area contributed by atoms with Gasteiger partial charge in [-0.15, -0.1) is 5.10 Å². The Bertz CT molecular complexity index is 684. The number of benzene rings is 1. The highest BCUT2D eigenvalue weighted by Gasteiger charge is 2.49. The molecule has 3 rings (SSSR count). The van der Waals surface area contributed by atoms with Gasteiger partial charge in [0.2, 0.25) is 0 Å². The van der Waals surface area contributed by atoms with E-state index in [1.807, 2.05) is 6.07 Å². The number of tetrazole rings is 1. The minimum Gasteiger partial charge on any atom is -0.479 e. The van der Waals surface area contributed by atoms with Crippen molar-refractivity contribution >= 4 is 40.2 Å². The Morgan fingerprint density at radius 2 is 2.20 bits per heavy atom. The fourth-order valence-corrected chi connectivity index (χ4v) is 3.09. The number of rotatable bonds is 3. The SMILES string of the molecule is O=C(O)C1(n2nnnc2-c2cc(Cl)ccc2I)CCC1. The number of aliphatic carboxylic acids is 1. The van der Waals surface area contributed by atoms with Gasteiger partial charge in [-0.2, -0.15) is 0 Å². The molecule has 6 nitrogen and oxygen atoms in total. The Kier molecular flexibility index (Phi) is 3.41. The van der Waals surface area contributed by atoms with Gasteiger partial charge < -0.3 is 5.11 Å². The maximum atomic E-state index is 11.6. The van der Waals surface area contributed by atoms with E-state index < -0.39 is 11.5 Å². The van der Waals surface area contributed by atoms with Gasteiger partial charge >= 0.3 is 5.97 Å². The molecular formula is C12H10ClIN4O2. The van der Waals surface area contributed by atoms with E-state index in [1.54, 1.807) is 12.1 Å². The lowest BCUT2D eigenvalue weighted by molar-refractivity contribution is -0.153. The van der Waals surface area contributed by atoms with Crippen LogP contribution in [0.1, 0.15) is 19.3 Å². The van der Waals surface area contributed by atoms with Crippen molar-refractivity contribution in [1.29, 1.82) is 0 Å². The van der Waals surface area contributed by atoms with Crippen LogP contribution in [-0.4, -0.2) is 31.3 Å². The van der Waals surface area contributed by atoms with E-state index >= 15 is 0 Å². The minimum absolute atomic E-state index is 0.444. The van der Waals surface area contributed by atoms with Gasteiger partial charge in [-0.25, -0.2) is 9.48 Å². The van der Waals surface area contributed by atoms with E-state index in [2.05, 4.69) is 38.1 Å². The average molecular weight is 405 g/mol. The van der Waals surface area contributed by atoms with E-state index in [9.17, 15) is 9.90 Å². The lowest BCUT2D eigenvalue weighted by Crippen LogP contribution is -2.48. The van der Waals surface area contributed by atoms with Crippen molar-refractivity contribution in [3.05, 3.63) is 26.8 Å². The number of halogens is 2. The molecule has 20 heavy (non-hydrogen) atoms. The molecule has 2 aromatic rings. The molecule has 8 heteroatoms. The Labute approximate surface area is 133 Å². The highest BCUT2D eigenvalue weighted by atomic mass is 127. The fourth-order valence-electron chi connectivity index (χ4n) is 2.34. The maximum Gasteiger partial charge on any atom is 0.331 e. The van der Waals surface area contributed by atoms with Crippen molar-refractivity contribution in [3.8, 4) is 11.4 Å². The van der Waals surface area contributed by atoms with Gasteiger partial charge in [0.25, 0.3) is 0 Å². The van der Waals surface area contributed by atoms with Crippen LogP contribution in [-0.2, 0) is 10.3 Å². The first-order valence-corrected chi connectivity index (χ1v) is 7.48. The molecule has 0 radical (unpaired) electrons. The Hall–Kier alpha value is -1.22. The lowest BCUT2D eigenvalue weighted by Gasteiger charge is -2.37. The van der Waals surface area contributed by atoms with Crippen LogP contribution < -0.4 is 0 Å². The highest BCUT2D eigenvalue weighted by molar-refractivity contribution is 14.1. The van der Waals surface area contributed by atoms with Gasteiger partial charge in [0.1, 0.15) is 0 Å². The van der Waals surface area contributed by atoms with Crippen LogP contribution in [0.2, 0.25) is 5.02 Å². The van der Waals surface area contributed by atoms with Crippen molar-refractivity contribution in [1.82, 2.24) is 20.2 Å². The molecule has 0 amide bonds. The van der Waals surface area contributed by atoms with Gasteiger partial charge in [0, 0.05) is 14.2 Å². The fraction of sp³-hybridized carbons (Fsp3) is 0.333. The van der Waals surface area contributed by atoms with Gasteiger partial charge in [-0.05, 0) is 70.5 Å². The Balaban J connectivity index is 2.16. The molecule has 1 N–H and O–H groups in total. The van der Waals surface area contributed by atoms with Gasteiger partial charge in [-0.1, -0.05) is 11.6 Å². The van der Waals surface area contributed by atoms with Crippen LogP contribution in [0.5, 0.6) is 0 Å². The van der Waals surface area contributed by atoms with Crippen molar-refractivity contribution in [3.63, 3.8) is 0 Å². The second kappa shape index (κ2) is 4.96. The molecule has 1 aromatic carbocycles. The lowest BCUT2D eigenvalue weighted by atomic mass is 9.76. The molecule has 1 heterocycles. The monoisotopic (exact) mass is 404 g/mol. The van der Waals surface area contributed by atoms with Gasteiger partial charge in [0.15, 0.2) is 11.4 Å². The van der Waals surface area contributed by atoms with E-state index in [-0.39, 0.29) is 0 Å². The standard InChI is InChI=1S/C12H10ClIN4O2/c13-7-2-3-9(14)8(6-7)10-15-16-17-18(10)12(11(19)20)4-1-5-12/h2-3,6H,1,4-5H2,(H,19,20). The molecule has 1 saturated carbocycles. The van der Waals surface area contributed by atoms with Gasteiger partial charge in [0.05, 0.1) is 0 Å². The Morgan fingerprint density at radius 1 is 1.45 bits per heavy atom. The van der Waals surface area contributed by atoms with Crippen LogP contribution in [0.3, 0.4) is 0 Å². The van der Waals surface area contributed by atoms with E-state index in [1.165, 1.54) is 4.68 Å². The number of carboxylic acid groups (broad SMARTS) is 1. The number of carbonyl (C=O) groups is 1. The van der Waals surface area contributed by atoms with E-state index in [0.717, 1.165) is 15.6 Å². The second-order valence-electron chi connectivity index (χ2n) is 4.73. The number of aromatic nitrogens is 4. The molecule has 1 aliphatic rings. The zero-order valence-corrected chi connectivity index (χ0v) is 13.2. The minimum atomic E-state index is -1.02. The molecular weight excluding hydrogens is 395 g/mol. The maximum absolute atomic E-state index is 11.6. The summed E-state index contributed by atoms with van der Waals surface area (Å²) in [5.41, 5.74) is -0.278. The van der Waals surface area contributed by atoms with Crippen LogP contribution >= 0.6 is 34.2 Å². The molecule has 1 aromatic heterocycles. The average Bonchev–Trinajstić information content (AvgIpc) is 2.80. The van der Waals surface area contributed by atoms with Crippen LogP contribution in [0, 0.1) is 3.57 Å². The zero-order valence-electron chi connectivity index (χ0n) is 10.3. The molecule has 1 fully saturated rings. The van der Waals surface area contributed by atoms with E-state index in [4.69, 9.17) is 11.6 Å². The molecule has 0 saturated heterocycles. The summed E-state index contributed by atoms with van der Waals surface area (Å²) in [6.45, 7) is 0. The topological polar surface area (TPSA) is 80.9 Å². The first-order chi connectivity index (χ1) is 9.54. The number of hydrogen-bond donors (Lipinski definition) is 1. The molecule has 0 spiro atoms. The molecule has 0 bridgehead atoms. The summed E-state index contributed by atoms with van der Waals surface area (Å²) in [7, 11) is 0. The molecule has 104 valence electrons. The summed E-state index contributed by atoms with van der Waals surface area (Å²) in [6.07, 6.45) is 1.94. The normalized spacial score (nSPS) is 16.7. The van der Waals surface area contributed by atoms with E-state index in [0.29, 0.717) is 23.7 Å². The number of hydrogen-bond acceptors (Lipinski definition) is 4. The van der Waals surface area contributed by atoms with Crippen molar-refractivity contribution in [2.75, 3.05) is 0 Å². The molecule has 0 aliphatic heterocycles. The van der Waals surface area contributed by atoms with Crippen LogP contribution in [0.4, 0.5) is 0 Å². The zero-order chi connectivity index (χ0) is 14.3. The number of carboxylic acids is 1. The Morgan fingerprint density at radius 3 is 2.80 bits per heavy atom. The molecule has 0 unspecified atom stereocenters. The predicted molar refractivity (Wildman–Crippen MR) is 80.4 cm³/mol. The largest absolute Gasteiger partial charge is 0.479 e. The third-order valence-electron chi connectivity index (χ3n) is 3.62. The van der Waals surface area contributed by atoms with Crippen molar-refractivity contribution in [2.45, 2.75) is 24.8 Å². The summed E-state index contributed by atoms with van der Waals surface area (Å²) < 4.78 is 2.34. The first kappa shape index (κ1) is 13.7. The highest BCUT2D eigenvalue weighted by Crippen LogP contribution is 2.41.